The third kappa shape index (κ3) is 3.41. The SMILES string of the molecule is CCCOc1ccc2c(c1)CCN(c1cncc(C(N)=O)n1)C2. The first kappa shape index (κ1) is 15.3. The average Bonchev–Trinajstić information content (AvgIpc) is 2.59. The minimum Gasteiger partial charge on any atom is -0.494 e. The summed E-state index contributed by atoms with van der Waals surface area (Å²) in [5, 5.41) is 0. The average molecular weight is 312 g/mol. The standard InChI is InChI=1S/C17H20N4O2/c1-2-7-23-14-4-3-13-11-21(6-5-12(13)8-14)16-10-19-9-15(20-16)17(18)22/h3-4,8-10H,2,5-7,11H2,1H3,(H2,18,22). The fraction of sp³-hybridized carbons (Fsp3) is 0.353. The summed E-state index contributed by atoms with van der Waals surface area (Å²) in [6.45, 7) is 4.39. The van der Waals surface area contributed by atoms with E-state index in [-0.39, 0.29) is 5.69 Å². The lowest BCUT2D eigenvalue weighted by molar-refractivity contribution is 0.0995. The Morgan fingerprint density at radius 3 is 3.00 bits per heavy atom. The minimum absolute atomic E-state index is 0.191. The van der Waals surface area contributed by atoms with Crippen LogP contribution in [0.3, 0.4) is 0 Å². The van der Waals surface area contributed by atoms with Crippen molar-refractivity contribution >= 4 is 11.7 Å². The third-order valence-electron chi connectivity index (χ3n) is 3.86. The number of benzene rings is 1. The van der Waals surface area contributed by atoms with Crippen LogP contribution in [-0.2, 0) is 13.0 Å². The molecule has 1 aromatic carbocycles. The maximum Gasteiger partial charge on any atom is 0.268 e. The summed E-state index contributed by atoms with van der Waals surface area (Å²) in [4.78, 5) is 21.7. The molecule has 2 N–H and O–H groups in total. The molecule has 1 aliphatic heterocycles. The molecule has 6 nitrogen and oxygen atoms in total. The third-order valence-corrected chi connectivity index (χ3v) is 3.86. The van der Waals surface area contributed by atoms with Crippen molar-refractivity contribution in [1.29, 1.82) is 0 Å². The number of rotatable bonds is 5. The van der Waals surface area contributed by atoms with Gasteiger partial charge in [0.2, 0.25) is 0 Å². The lowest BCUT2D eigenvalue weighted by Gasteiger charge is -2.30. The Morgan fingerprint density at radius 1 is 1.35 bits per heavy atom. The number of carbonyl (C=O) groups excluding carboxylic acids is 1. The number of amides is 1. The Balaban J connectivity index is 1.77. The van der Waals surface area contributed by atoms with Crippen LogP contribution in [0.5, 0.6) is 5.75 Å². The van der Waals surface area contributed by atoms with Gasteiger partial charge >= 0.3 is 0 Å². The molecule has 120 valence electrons. The van der Waals surface area contributed by atoms with Crippen molar-refractivity contribution in [2.24, 2.45) is 5.73 Å². The summed E-state index contributed by atoms with van der Waals surface area (Å²) in [6.07, 6.45) is 4.96. The van der Waals surface area contributed by atoms with Crippen LogP contribution in [0.4, 0.5) is 5.82 Å². The van der Waals surface area contributed by atoms with Crippen LogP contribution in [0.15, 0.2) is 30.6 Å². The zero-order valence-corrected chi connectivity index (χ0v) is 13.2. The number of carbonyl (C=O) groups is 1. The van der Waals surface area contributed by atoms with Gasteiger partial charge in [-0.1, -0.05) is 13.0 Å². The van der Waals surface area contributed by atoms with Gasteiger partial charge in [0.25, 0.3) is 5.91 Å². The predicted molar refractivity (Wildman–Crippen MR) is 87.5 cm³/mol. The highest BCUT2D eigenvalue weighted by molar-refractivity contribution is 5.90. The minimum atomic E-state index is -0.561. The molecule has 0 saturated carbocycles. The van der Waals surface area contributed by atoms with Gasteiger partial charge in [0.05, 0.1) is 19.0 Å². The maximum atomic E-state index is 11.2. The molecule has 0 fully saturated rings. The molecule has 0 spiro atoms. The van der Waals surface area contributed by atoms with E-state index in [1.807, 2.05) is 6.07 Å². The highest BCUT2D eigenvalue weighted by Gasteiger charge is 2.19. The highest BCUT2D eigenvalue weighted by Crippen LogP contribution is 2.26. The molecule has 0 saturated heterocycles. The van der Waals surface area contributed by atoms with Gasteiger partial charge < -0.3 is 15.4 Å². The molecule has 1 aliphatic rings. The summed E-state index contributed by atoms with van der Waals surface area (Å²) >= 11 is 0. The van der Waals surface area contributed by atoms with Gasteiger partial charge in [0.1, 0.15) is 17.3 Å². The second-order valence-corrected chi connectivity index (χ2v) is 5.58. The van der Waals surface area contributed by atoms with Gasteiger partial charge in [-0.15, -0.1) is 0 Å². The van der Waals surface area contributed by atoms with E-state index in [9.17, 15) is 4.79 Å². The van der Waals surface area contributed by atoms with E-state index in [4.69, 9.17) is 10.5 Å². The second-order valence-electron chi connectivity index (χ2n) is 5.58. The molecule has 0 bridgehead atoms. The molecule has 0 atom stereocenters. The van der Waals surface area contributed by atoms with E-state index >= 15 is 0 Å². The number of anilines is 1. The second kappa shape index (κ2) is 6.64. The van der Waals surface area contributed by atoms with Crippen molar-refractivity contribution in [2.75, 3.05) is 18.1 Å². The molecular formula is C17H20N4O2. The number of hydrogen-bond donors (Lipinski definition) is 1. The van der Waals surface area contributed by atoms with E-state index in [2.05, 4.69) is 33.9 Å². The van der Waals surface area contributed by atoms with Crippen molar-refractivity contribution < 1.29 is 9.53 Å². The van der Waals surface area contributed by atoms with Gasteiger partial charge in [-0.05, 0) is 36.1 Å². The summed E-state index contributed by atoms with van der Waals surface area (Å²) in [6, 6.07) is 6.22. The molecule has 0 radical (unpaired) electrons. The molecule has 23 heavy (non-hydrogen) atoms. The number of ether oxygens (including phenoxy) is 1. The van der Waals surface area contributed by atoms with Crippen molar-refractivity contribution in [1.82, 2.24) is 9.97 Å². The maximum absolute atomic E-state index is 11.2. The Bertz CT molecular complexity index is 717. The van der Waals surface area contributed by atoms with Gasteiger partial charge in [-0.3, -0.25) is 9.78 Å². The van der Waals surface area contributed by atoms with E-state index in [1.54, 1.807) is 6.20 Å². The summed E-state index contributed by atoms with van der Waals surface area (Å²) in [5.41, 5.74) is 8.00. The van der Waals surface area contributed by atoms with Crippen molar-refractivity contribution in [3.05, 3.63) is 47.4 Å². The van der Waals surface area contributed by atoms with Crippen molar-refractivity contribution in [3.63, 3.8) is 0 Å². The molecule has 6 heteroatoms. The fourth-order valence-corrected chi connectivity index (χ4v) is 2.66. The topological polar surface area (TPSA) is 81.3 Å². The number of primary amides is 1. The van der Waals surface area contributed by atoms with Crippen LogP contribution in [0, 0.1) is 0 Å². The number of fused-ring (bicyclic) bond motifs is 1. The number of hydrogen-bond acceptors (Lipinski definition) is 5. The Morgan fingerprint density at radius 2 is 2.22 bits per heavy atom. The zero-order chi connectivity index (χ0) is 16.2. The van der Waals surface area contributed by atoms with Crippen LogP contribution >= 0.6 is 0 Å². The normalized spacial score (nSPS) is 13.5. The number of aromatic nitrogens is 2. The summed E-state index contributed by atoms with van der Waals surface area (Å²) < 4.78 is 5.69. The summed E-state index contributed by atoms with van der Waals surface area (Å²) in [7, 11) is 0. The molecular weight excluding hydrogens is 292 g/mol. The van der Waals surface area contributed by atoms with Crippen LogP contribution in [0.2, 0.25) is 0 Å². The highest BCUT2D eigenvalue weighted by atomic mass is 16.5. The van der Waals surface area contributed by atoms with E-state index in [1.165, 1.54) is 17.3 Å². The first-order valence-corrected chi connectivity index (χ1v) is 7.78. The van der Waals surface area contributed by atoms with Crippen LogP contribution in [0.1, 0.15) is 35.0 Å². The Labute approximate surface area is 135 Å². The smallest absolute Gasteiger partial charge is 0.268 e. The monoisotopic (exact) mass is 312 g/mol. The van der Waals surface area contributed by atoms with E-state index < -0.39 is 5.91 Å². The number of nitrogens with two attached hydrogens (primary N) is 1. The fourth-order valence-electron chi connectivity index (χ4n) is 2.66. The van der Waals surface area contributed by atoms with Crippen LogP contribution in [0.25, 0.3) is 0 Å². The molecule has 2 aromatic rings. The van der Waals surface area contributed by atoms with Crippen LogP contribution in [-0.4, -0.2) is 29.0 Å². The van der Waals surface area contributed by atoms with E-state index in [0.29, 0.717) is 5.82 Å². The van der Waals surface area contributed by atoms with E-state index in [0.717, 1.165) is 38.3 Å². The molecule has 1 amide bonds. The van der Waals surface area contributed by atoms with Gasteiger partial charge in [-0.2, -0.15) is 0 Å². The van der Waals surface area contributed by atoms with Gasteiger partial charge in [0.15, 0.2) is 0 Å². The predicted octanol–water partition coefficient (Wildman–Crippen LogP) is 1.93. The molecule has 0 unspecified atom stereocenters. The molecule has 0 aliphatic carbocycles. The molecule has 2 heterocycles. The largest absolute Gasteiger partial charge is 0.494 e. The Hall–Kier alpha value is -2.63. The van der Waals surface area contributed by atoms with Crippen molar-refractivity contribution in [2.45, 2.75) is 26.3 Å². The zero-order valence-electron chi connectivity index (χ0n) is 13.2. The first-order chi connectivity index (χ1) is 11.2. The lowest BCUT2D eigenvalue weighted by atomic mass is 9.99. The molecule has 1 aromatic heterocycles. The quantitative estimate of drug-likeness (QED) is 0.912. The van der Waals surface area contributed by atoms with Gasteiger partial charge in [-0.25, -0.2) is 4.98 Å². The number of nitrogens with zero attached hydrogens (tertiary/aromatic N) is 3. The Kier molecular flexibility index (Phi) is 4.41. The summed E-state index contributed by atoms with van der Waals surface area (Å²) in [5.74, 6) is 1.04. The lowest BCUT2D eigenvalue weighted by Crippen LogP contribution is -2.31. The van der Waals surface area contributed by atoms with Crippen molar-refractivity contribution in [3.8, 4) is 5.75 Å². The first-order valence-electron chi connectivity index (χ1n) is 7.78. The molecule has 3 rings (SSSR count). The van der Waals surface area contributed by atoms with Gasteiger partial charge in [0, 0.05) is 13.1 Å². The van der Waals surface area contributed by atoms with Crippen LogP contribution < -0.4 is 15.4 Å².